The maximum Gasteiger partial charge on any atom is 0.248 e. The Morgan fingerprint density at radius 2 is 1.51 bits per heavy atom. The molecule has 3 heteroatoms. The molecule has 5 aromatic carbocycles. The van der Waals surface area contributed by atoms with Crippen molar-refractivity contribution in [2.45, 2.75) is 13.8 Å². The van der Waals surface area contributed by atoms with Gasteiger partial charge in [0.25, 0.3) is 0 Å². The number of aryl methyl sites for hydroxylation is 2. The van der Waals surface area contributed by atoms with Crippen molar-refractivity contribution in [2.24, 2.45) is 0 Å². The molecule has 2 aliphatic rings. The highest BCUT2D eigenvalue weighted by Crippen LogP contribution is 2.40. The number of fused-ring (bicyclic) bond motifs is 9. The van der Waals surface area contributed by atoms with Gasteiger partial charge in [-0.2, -0.15) is 0 Å². The van der Waals surface area contributed by atoms with Crippen LogP contribution >= 0.6 is 0 Å². The minimum Gasteiger partial charge on any atom is -0.301 e. The van der Waals surface area contributed by atoms with Crippen LogP contribution in [0.5, 0.6) is 0 Å². The fraction of sp³-hybridized carbons (Fsp3) is 0.0625. The van der Waals surface area contributed by atoms with Gasteiger partial charge in [-0.05, 0) is 92.8 Å². The summed E-state index contributed by atoms with van der Waals surface area (Å²) >= 11 is 0. The predicted octanol–water partition coefficient (Wildman–Crippen LogP) is 5.62. The lowest BCUT2D eigenvalue weighted by atomic mass is 9.32. The highest BCUT2D eigenvalue weighted by molar-refractivity contribution is 7.00. The number of rotatable bonds is 0. The molecular weight excluding hydrogens is 423 g/mol. The number of aromatic nitrogens is 2. The van der Waals surface area contributed by atoms with Crippen molar-refractivity contribution in [3.05, 3.63) is 102 Å². The van der Waals surface area contributed by atoms with E-state index in [4.69, 9.17) is 0 Å². The Hall–Kier alpha value is -4.24. The van der Waals surface area contributed by atoms with E-state index >= 15 is 0 Å². The normalized spacial score (nSPS) is 13.4. The topological polar surface area (TPSA) is 9.34 Å². The summed E-state index contributed by atoms with van der Waals surface area (Å²) in [5.74, 6) is 0. The van der Waals surface area contributed by atoms with E-state index in [9.17, 15) is 0 Å². The van der Waals surface area contributed by atoms with Crippen LogP contribution < -0.4 is 16.4 Å². The van der Waals surface area contributed by atoms with Crippen molar-refractivity contribution < 1.29 is 0 Å². The summed E-state index contributed by atoms with van der Waals surface area (Å²) in [5, 5.41) is 5.43. The minimum atomic E-state index is 0.231. The first-order valence-corrected chi connectivity index (χ1v) is 12.4. The smallest absolute Gasteiger partial charge is 0.248 e. The highest BCUT2D eigenvalue weighted by atomic mass is 15.1. The molecule has 4 heterocycles. The molecule has 0 radical (unpaired) electrons. The third-order valence-corrected chi connectivity index (χ3v) is 8.36. The molecule has 2 aromatic heterocycles. The first-order valence-electron chi connectivity index (χ1n) is 12.4. The quantitative estimate of drug-likeness (QED) is 0.212. The van der Waals surface area contributed by atoms with Gasteiger partial charge in [-0.15, -0.1) is 0 Å². The summed E-state index contributed by atoms with van der Waals surface area (Å²) in [7, 11) is 0. The Labute approximate surface area is 203 Å². The molecule has 7 aromatic rings. The van der Waals surface area contributed by atoms with E-state index in [0.29, 0.717) is 0 Å². The van der Waals surface area contributed by atoms with E-state index in [1.807, 2.05) is 0 Å². The Bertz CT molecular complexity index is 2090. The summed E-state index contributed by atoms with van der Waals surface area (Å²) in [6.07, 6.45) is 2.27. The molecule has 0 amide bonds. The first-order chi connectivity index (χ1) is 17.2. The summed E-state index contributed by atoms with van der Waals surface area (Å²) in [6.45, 7) is 4.66. The lowest BCUT2D eigenvalue weighted by molar-refractivity contribution is 1.14. The van der Waals surface area contributed by atoms with Crippen LogP contribution in [-0.4, -0.2) is 15.7 Å². The zero-order valence-electron chi connectivity index (χ0n) is 19.6. The molecule has 9 rings (SSSR count). The Morgan fingerprint density at radius 3 is 2.46 bits per heavy atom. The number of hydrogen-bond acceptors (Lipinski definition) is 0. The van der Waals surface area contributed by atoms with Crippen molar-refractivity contribution in [3.63, 3.8) is 0 Å². The zero-order chi connectivity index (χ0) is 23.0. The van der Waals surface area contributed by atoms with Crippen LogP contribution in [0.4, 0.5) is 0 Å². The maximum atomic E-state index is 2.52. The fourth-order valence-corrected chi connectivity index (χ4v) is 7.14. The van der Waals surface area contributed by atoms with Gasteiger partial charge < -0.3 is 4.40 Å². The lowest BCUT2D eigenvalue weighted by Crippen LogP contribution is -2.58. The monoisotopic (exact) mass is 444 g/mol. The Kier molecular flexibility index (Phi) is 3.04. The molecule has 0 N–H and O–H groups in total. The molecule has 35 heavy (non-hydrogen) atoms. The van der Waals surface area contributed by atoms with Crippen molar-refractivity contribution >= 4 is 61.3 Å². The molecular formula is C32H21BN2. The van der Waals surface area contributed by atoms with Gasteiger partial charge in [-0.1, -0.05) is 66.1 Å². The van der Waals surface area contributed by atoms with Crippen LogP contribution in [0.1, 0.15) is 11.1 Å². The van der Waals surface area contributed by atoms with E-state index in [2.05, 4.69) is 114 Å². The second-order valence-electron chi connectivity index (χ2n) is 10.4. The molecule has 162 valence electrons. The van der Waals surface area contributed by atoms with E-state index in [1.54, 1.807) is 0 Å². The van der Waals surface area contributed by atoms with Crippen molar-refractivity contribution in [1.82, 2.24) is 8.97 Å². The molecule has 0 aliphatic carbocycles. The van der Waals surface area contributed by atoms with Gasteiger partial charge in [0.15, 0.2) is 0 Å². The van der Waals surface area contributed by atoms with Crippen molar-refractivity contribution in [1.29, 1.82) is 0 Å². The van der Waals surface area contributed by atoms with Gasteiger partial charge in [-0.25, -0.2) is 0 Å². The van der Waals surface area contributed by atoms with Gasteiger partial charge in [0, 0.05) is 11.9 Å². The van der Waals surface area contributed by atoms with E-state index in [-0.39, 0.29) is 6.71 Å². The molecule has 0 spiro atoms. The number of benzene rings is 5. The summed E-state index contributed by atoms with van der Waals surface area (Å²) in [6, 6.07) is 32.2. The molecule has 0 fully saturated rings. The van der Waals surface area contributed by atoms with E-state index in [1.165, 1.54) is 82.6 Å². The number of nitrogens with zero attached hydrogens (tertiary/aromatic N) is 2. The van der Waals surface area contributed by atoms with Gasteiger partial charge in [0.1, 0.15) is 5.65 Å². The molecule has 0 bridgehead atoms. The van der Waals surface area contributed by atoms with Crippen LogP contribution in [0, 0.1) is 13.8 Å². The molecule has 0 saturated carbocycles. The van der Waals surface area contributed by atoms with Crippen LogP contribution in [-0.2, 0) is 0 Å². The molecule has 0 saturated heterocycles. The number of para-hydroxylation sites is 1. The average Bonchev–Trinajstić information content (AvgIpc) is 3.39. The average molecular weight is 444 g/mol. The molecule has 0 atom stereocenters. The van der Waals surface area contributed by atoms with Gasteiger partial charge >= 0.3 is 0 Å². The van der Waals surface area contributed by atoms with Gasteiger partial charge in [0.05, 0.1) is 11.0 Å². The van der Waals surface area contributed by atoms with Crippen molar-refractivity contribution in [3.8, 4) is 16.8 Å². The predicted molar refractivity (Wildman–Crippen MR) is 149 cm³/mol. The molecule has 2 aliphatic heterocycles. The summed E-state index contributed by atoms with van der Waals surface area (Å²) in [4.78, 5) is 0. The molecule has 2 nitrogen and oxygen atoms in total. The standard InChI is InChI=1S/C32H21BN2/c1-18-13-24-23-16-20-7-3-4-8-21(20)22-9-5-10-25(30(22)23)33-26-11-6-12-27-32(26)35(28(14-18)31(24)33)29-15-19(2)17-34(27)29/h3-17H,1-2H3. The maximum absolute atomic E-state index is 2.52. The van der Waals surface area contributed by atoms with E-state index < -0.39 is 0 Å². The van der Waals surface area contributed by atoms with E-state index in [0.717, 1.165) is 0 Å². The third kappa shape index (κ3) is 2.01. The second kappa shape index (κ2) is 5.87. The Balaban J connectivity index is 1.57. The lowest BCUT2D eigenvalue weighted by Gasteiger charge is -2.34. The first kappa shape index (κ1) is 18.1. The minimum absolute atomic E-state index is 0.231. The van der Waals surface area contributed by atoms with Crippen LogP contribution in [0.3, 0.4) is 0 Å². The zero-order valence-corrected chi connectivity index (χ0v) is 19.6. The summed E-state index contributed by atoms with van der Waals surface area (Å²) < 4.78 is 4.90. The third-order valence-electron chi connectivity index (χ3n) is 8.36. The Morgan fingerprint density at radius 1 is 0.686 bits per heavy atom. The van der Waals surface area contributed by atoms with Gasteiger partial charge in [-0.3, -0.25) is 4.57 Å². The van der Waals surface area contributed by atoms with Crippen molar-refractivity contribution in [2.75, 3.05) is 0 Å². The fourth-order valence-electron chi connectivity index (χ4n) is 7.14. The SMILES string of the molecule is Cc1cc2c3c(c1)-n1c4c(cccc4n4cc(C)cc14)B3c1cccc3c1c-2cc1ccccc13. The van der Waals surface area contributed by atoms with Crippen LogP contribution in [0.25, 0.3) is 55.0 Å². The van der Waals surface area contributed by atoms with Gasteiger partial charge in [0.2, 0.25) is 6.71 Å². The number of hydrogen-bond donors (Lipinski definition) is 0. The second-order valence-corrected chi connectivity index (χ2v) is 10.4. The summed E-state index contributed by atoms with van der Waals surface area (Å²) in [5.41, 5.74) is 14.9. The highest BCUT2D eigenvalue weighted by Gasteiger charge is 2.39. The van der Waals surface area contributed by atoms with Crippen LogP contribution in [0.15, 0.2) is 91.1 Å². The number of imidazole rings is 1. The van der Waals surface area contributed by atoms with Crippen LogP contribution in [0.2, 0.25) is 0 Å². The molecule has 0 unspecified atom stereocenters. The largest absolute Gasteiger partial charge is 0.301 e.